The summed E-state index contributed by atoms with van der Waals surface area (Å²) in [6.07, 6.45) is 0. The normalized spacial score (nSPS) is 9.96. The molecule has 0 aromatic heterocycles. The topological polar surface area (TPSA) is 111 Å². The van der Waals surface area contributed by atoms with Gasteiger partial charge in [-0.25, -0.2) is 14.0 Å². The van der Waals surface area contributed by atoms with E-state index in [2.05, 4.69) is 20.1 Å². The first kappa shape index (κ1) is 20.6. The van der Waals surface area contributed by atoms with Crippen molar-refractivity contribution in [2.45, 2.75) is 6.54 Å². The average Bonchev–Trinajstić information content (AvgIpc) is 2.71. The predicted molar refractivity (Wildman–Crippen MR) is 96.0 cm³/mol. The molecular formula is C19H17FN2O6. The van der Waals surface area contributed by atoms with Crippen LogP contribution in [-0.2, 0) is 25.6 Å². The van der Waals surface area contributed by atoms with Gasteiger partial charge in [-0.2, -0.15) is 0 Å². The van der Waals surface area contributed by atoms with Crippen LogP contribution in [0.2, 0.25) is 0 Å². The Balaban J connectivity index is 2.16. The van der Waals surface area contributed by atoms with Gasteiger partial charge in [0.1, 0.15) is 5.82 Å². The SMILES string of the molecule is COC(=O)c1ccc(C(=O)OC)c(NC(=O)C(=O)NCc2ccccc2F)c1. The van der Waals surface area contributed by atoms with E-state index in [0.717, 1.165) is 7.11 Å². The zero-order chi connectivity index (χ0) is 20.7. The third-order valence-electron chi connectivity index (χ3n) is 3.70. The molecule has 0 fully saturated rings. The lowest BCUT2D eigenvalue weighted by molar-refractivity contribution is -0.136. The van der Waals surface area contributed by atoms with Gasteiger partial charge in [-0.15, -0.1) is 0 Å². The second kappa shape index (κ2) is 9.26. The minimum absolute atomic E-state index is 0.0530. The van der Waals surface area contributed by atoms with Crippen molar-refractivity contribution in [2.75, 3.05) is 19.5 Å². The van der Waals surface area contributed by atoms with Gasteiger partial charge in [0.15, 0.2) is 0 Å². The third-order valence-corrected chi connectivity index (χ3v) is 3.70. The van der Waals surface area contributed by atoms with Gasteiger partial charge in [-0.05, 0) is 24.3 Å². The van der Waals surface area contributed by atoms with Crippen LogP contribution in [0.5, 0.6) is 0 Å². The number of anilines is 1. The number of esters is 2. The van der Waals surface area contributed by atoms with Crippen molar-refractivity contribution in [2.24, 2.45) is 0 Å². The summed E-state index contributed by atoms with van der Waals surface area (Å²) in [6, 6.07) is 9.52. The van der Waals surface area contributed by atoms with E-state index in [0.29, 0.717) is 0 Å². The van der Waals surface area contributed by atoms with Gasteiger partial charge in [0.2, 0.25) is 0 Å². The number of carbonyl (C=O) groups excluding carboxylic acids is 4. The molecule has 0 spiro atoms. The molecule has 0 unspecified atom stereocenters. The molecule has 2 rings (SSSR count). The van der Waals surface area contributed by atoms with Crippen molar-refractivity contribution in [3.05, 3.63) is 65.0 Å². The number of methoxy groups -OCH3 is 2. The van der Waals surface area contributed by atoms with Crippen molar-refractivity contribution in [1.29, 1.82) is 0 Å². The zero-order valence-corrected chi connectivity index (χ0v) is 15.1. The zero-order valence-electron chi connectivity index (χ0n) is 15.1. The quantitative estimate of drug-likeness (QED) is 0.595. The number of carbonyl (C=O) groups is 4. The van der Waals surface area contributed by atoms with E-state index in [1.165, 1.54) is 43.5 Å². The predicted octanol–water partition coefficient (Wildman–Crippen LogP) is 1.65. The van der Waals surface area contributed by atoms with E-state index in [9.17, 15) is 23.6 Å². The van der Waals surface area contributed by atoms with Crippen LogP contribution in [0.15, 0.2) is 42.5 Å². The minimum atomic E-state index is -1.11. The summed E-state index contributed by atoms with van der Waals surface area (Å²) in [7, 11) is 2.31. The maximum Gasteiger partial charge on any atom is 0.339 e. The van der Waals surface area contributed by atoms with Gasteiger partial charge >= 0.3 is 23.8 Å². The molecule has 2 aromatic carbocycles. The van der Waals surface area contributed by atoms with Gasteiger partial charge < -0.3 is 20.1 Å². The fourth-order valence-electron chi connectivity index (χ4n) is 2.26. The van der Waals surface area contributed by atoms with Crippen molar-refractivity contribution in [1.82, 2.24) is 5.32 Å². The summed E-state index contributed by atoms with van der Waals surface area (Å²) < 4.78 is 22.8. The molecule has 0 radical (unpaired) electrons. The third kappa shape index (κ3) is 4.91. The van der Waals surface area contributed by atoms with Gasteiger partial charge in [0.25, 0.3) is 0 Å². The monoisotopic (exact) mass is 388 g/mol. The molecular weight excluding hydrogens is 371 g/mol. The molecule has 2 N–H and O–H groups in total. The molecule has 0 atom stereocenters. The largest absolute Gasteiger partial charge is 0.465 e. The minimum Gasteiger partial charge on any atom is -0.465 e. The highest BCUT2D eigenvalue weighted by molar-refractivity contribution is 6.40. The van der Waals surface area contributed by atoms with Crippen molar-refractivity contribution in [3.63, 3.8) is 0 Å². The lowest BCUT2D eigenvalue weighted by Crippen LogP contribution is -2.35. The first-order valence-electron chi connectivity index (χ1n) is 8.00. The summed E-state index contributed by atoms with van der Waals surface area (Å²) in [5.41, 5.74) is 0.0787. The molecule has 0 aliphatic carbocycles. The Morgan fingerprint density at radius 1 is 0.929 bits per heavy atom. The van der Waals surface area contributed by atoms with Crippen LogP contribution in [0.25, 0.3) is 0 Å². The van der Waals surface area contributed by atoms with Crippen LogP contribution in [0, 0.1) is 5.82 Å². The Hall–Kier alpha value is -3.75. The highest BCUT2D eigenvalue weighted by atomic mass is 19.1. The van der Waals surface area contributed by atoms with Gasteiger partial charge in [-0.3, -0.25) is 9.59 Å². The average molecular weight is 388 g/mol. The number of amides is 2. The van der Waals surface area contributed by atoms with E-state index in [-0.39, 0.29) is 28.9 Å². The molecule has 0 saturated heterocycles. The maximum absolute atomic E-state index is 13.6. The Kier molecular flexibility index (Phi) is 6.80. The van der Waals surface area contributed by atoms with Crippen molar-refractivity contribution < 1.29 is 33.0 Å². The van der Waals surface area contributed by atoms with Crippen LogP contribution in [0.1, 0.15) is 26.3 Å². The van der Waals surface area contributed by atoms with E-state index < -0.39 is 29.6 Å². The standard InChI is InChI=1S/C19H17FN2O6/c1-27-18(25)11-7-8-13(19(26)28-2)15(9-11)22-17(24)16(23)21-10-12-5-3-4-6-14(12)20/h3-9H,10H2,1-2H3,(H,21,23)(H,22,24). The Morgan fingerprint density at radius 2 is 1.61 bits per heavy atom. The highest BCUT2D eigenvalue weighted by Gasteiger charge is 2.20. The van der Waals surface area contributed by atoms with E-state index in [1.807, 2.05) is 0 Å². The molecule has 2 amide bonds. The maximum atomic E-state index is 13.6. The molecule has 28 heavy (non-hydrogen) atoms. The smallest absolute Gasteiger partial charge is 0.339 e. The second-order valence-corrected chi connectivity index (χ2v) is 5.47. The number of halogens is 1. The summed E-state index contributed by atoms with van der Waals surface area (Å²) in [4.78, 5) is 47.7. The molecule has 0 aliphatic rings. The number of hydrogen-bond donors (Lipinski definition) is 2. The molecule has 0 saturated carbocycles. The van der Waals surface area contributed by atoms with E-state index in [1.54, 1.807) is 6.07 Å². The lowest BCUT2D eigenvalue weighted by atomic mass is 10.1. The molecule has 0 aliphatic heterocycles. The Bertz CT molecular complexity index is 928. The molecule has 146 valence electrons. The fraction of sp³-hybridized carbons (Fsp3) is 0.158. The second-order valence-electron chi connectivity index (χ2n) is 5.47. The van der Waals surface area contributed by atoms with Gasteiger partial charge in [-0.1, -0.05) is 18.2 Å². The number of hydrogen-bond acceptors (Lipinski definition) is 6. The van der Waals surface area contributed by atoms with E-state index >= 15 is 0 Å². The Morgan fingerprint density at radius 3 is 2.25 bits per heavy atom. The van der Waals surface area contributed by atoms with Crippen LogP contribution in [-0.4, -0.2) is 38.0 Å². The number of ether oxygens (including phenoxy) is 2. The summed E-state index contributed by atoms with van der Waals surface area (Å²) >= 11 is 0. The van der Waals surface area contributed by atoms with Crippen LogP contribution in [0.4, 0.5) is 10.1 Å². The number of benzene rings is 2. The molecule has 9 heteroatoms. The molecule has 0 heterocycles. The summed E-state index contributed by atoms with van der Waals surface area (Å²) in [5.74, 6) is -4.16. The number of nitrogens with one attached hydrogen (secondary N) is 2. The summed E-state index contributed by atoms with van der Waals surface area (Å²) in [6.45, 7) is -0.203. The Labute approximate surface area is 159 Å². The van der Waals surface area contributed by atoms with Gasteiger partial charge in [0, 0.05) is 12.1 Å². The van der Waals surface area contributed by atoms with Crippen molar-refractivity contribution in [3.8, 4) is 0 Å². The van der Waals surface area contributed by atoms with E-state index in [4.69, 9.17) is 0 Å². The molecule has 8 nitrogen and oxygen atoms in total. The summed E-state index contributed by atoms with van der Waals surface area (Å²) in [5, 5.41) is 4.51. The van der Waals surface area contributed by atoms with Crippen LogP contribution in [0.3, 0.4) is 0 Å². The number of rotatable bonds is 5. The van der Waals surface area contributed by atoms with Crippen LogP contribution < -0.4 is 10.6 Å². The van der Waals surface area contributed by atoms with Crippen molar-refractivity contribution >= 4 is 29.4 Å². The van der Waals surface area contributed by atoms with Gasteiger partial charge in [0.05, 0.1) is 31.0 Å². The lowest BCUT2D eigenvalue weighted by Gasteiger charge is -2.11. The fourth-order valence-corrected chi connectivity index (χ4v) is 2.26. The molecule has 2 aromatic rings. The molecule has 0 bridgehead atoms. The first-order chi connectivity index (χ1) is 13.4. The highest BCUT2D eigenvalue weighted by Crippen LogP contribution is 2.20. The van der Waals surface area contributed by atoms with Crippen LogP contribution >= 0.6 is 0 Å². The first-order valence-corrected chi connectivity index (χ1v) is 8.00.